The molecule has 0 atom stereocenters. The van der Waals surface area contributed by atoms with Crippen LogP contribution in [-0.4, -0.2) is 18.1 Å². The van der Waals surface area contributed by atoms with Gasteiger partial charge in [-0.15, -0.1) is 0 Å². The van der Waals surface area contributed by atoms with Gasteiger partial charge in [-0.2, -0.15) is 0 Å². The van der Waals surface area contributed by atoms with Crippen LogP contribution in [0.1, 0.15) is 19.4 Å². The second kappa shape index (κ2) is 6.89. The van der Waals surface area contributed by atoms with Crippen molar-refractivity contribution in [3.05, 3.63) is 54.0 Å². The van der Waals surface area contributed by atoms with Crippen LogP contribution in [-0.2, 0) is 6.54 Å². The highest BCUT2D eigenvalue weighted by Crippen LogP contribution is 2.20. The number of anilines is 2. The molecule has 0 aliphatic heterocycles. The van der Waals surface area contributed by atoms with E-state index in [1.165, 1.54) is 6.07 Å². The van der Waals surface area contributed by atoms with Gasteiger partial charge < -0.3 is 10.2 Å². The average molecular weight is 273 g/mol. The Morgan fingerprint density at radius 2 is 2.05 bits per heavy atom. The van der Waals surface area contributed by atoms with E-state index in [0.29, 0.717) is 6.54 Å². The van der Waals surface area contributed by atoms with Gasteiger partial charge in [0.2, 0.25) is 0 Å². The first-order valence-corrected chi connectivity index (χ1v) is 6.92. The van der Waals surface area contributed by atoms with E-state index in [1.54, 1.807) is 18.3 Å². The molecule has 0 saturated carbocycles. The normalized spacial score (nSPS) is 10.3. The lowest BCUT2D eigenvalue weighted by atomic mass is 10.2. The maximum Gasteiger partial charge on any atom is 0.130 e. The SMILES string of the molecule is CCNc1ncccc1CN(CC)c1cccc(F)c1. The zero-order valence-electron chi connectivity index (χ0n) is 11.9. The average Bonchev–Trinajstić information content (AvgIpc) is 2.46. The Labute approximate surface area is 119 Å². The van der Waals surface area contributed by atoms with Crippen molar-refractivity contribution in [2.75, 3.05) is 23.3 Å². The lowest BCUT2D eigenvalue weighted by Crippen LogP contribution is -2.23. The molecule has 0 bridgehead atoms. The summed E-state index contributed by atoms with van der Waals surface area (Å²) in [5.74, 6) is 0.684. The van der Waals surface area contributed by atoms with Crippen LogP contribution in [0.15, 0.2) is 42.6 Å². The molecular formula is C16H20FN3. The third kappa shape index (κ3) is 3.47. The minimum absolute atomic E-state index is 0.209. The van der Waals surface area contributed by atoms with Gasteiger partial charge in [0.25, 0.3) is 0 Å². The molecule has 1 aromatic heterocycles. The smallest absolute Gasteiger partial charge is 0.130 e. The Kier molecular flexibility index (Phi) is 4.93. The van der Waals surface area contributed by atoms with E-state index in [9.17, 15) is 4.39 Å². The van der Waals surface area contributed by atoms with Crippen molar-refractivity contribution in [2.45, 2.75) is 20.4 Å². The van der Waals surface area contributed by atoms with Crippen LogP contribution >= 0.6 is 0 Å². The summed E-state index contributed by atoms with van der Waals surface area (Å²) in [6, 6.07) is 10.7. The quantitative estimate of drug-likeness (QED) is 0.870. The molecule has 0 unspecified atom stereocenters. The monoisotopic (exact) mass is 273 g/mol. The molecule has 0 aliphatic rings. The van der Waals surface area contributed by atoms with Crippen LogP contribution in [0.3, 0.4) is 0 Å². The molecule has 0 fully saturated rings. The molecule has 0 amide bonds. The second-order valence-electron chi connectivity index (χ2n) is 4.54. The molecule has 20 heavy (non-hydrogen) atoms. The fourth-order valence-electron chi connectivity index (χ4n) is 2.16. The molecule has 106 valence electrons. The van der Waals surface area contributed by atoms with E-state index in [-0.39, 0.29) is 5.82 Å². The zero-order valence-corrected chi connectivity index (χ0v) is 11.9. The molecular weight excluding hydrogens is 253 g/mol. The topological polar surface area (TPSA) is 28.2 Å². The van der Waals surface area contributed by atoms with Crippen LogP contribution in [0.2, 0.25) is 0 Å². The number of nitrogens with one attached hydrogen (secondary N) is 1. The maximum atomic E-state index is 13.4. The minimum atomic E-state index is -0.209. The van der Waals surface area contributed by atoms with E-state index < -0.39 is 0 Å². The molecule has 1 N–H and O–H groups in total. The molecule has 2 rings (SSSR count). The minimum Gasteiger partial charge on any atom is -0.370 e. The Hall–Kier alpha value is -2.10. The largest absolute Gasteiger partial charge is 0.370 e. The summed E-state index contributed by atoms with van der Waals surface area (Å²) in [7, 11) is 0. The fourth-order valence-corrected chi connectivity index (χ4v) is 2.16. The summed E-state index contributed by atoms with van der Waals surface area (Å²) in [6.07, 6.45) is 1.78. The van der Waals surface area contributed by atoms with E-state index >= 15 is 0 Å². The van der Waals surface area contributed by atoms with Gasteiger partial charge in [0.05, 0.1) is 0 Å². The van der Waals surface area contributed by atoms with Gasteiger partial charge in [-0.05, 0) is 38.1 Å². The van der Waals surface area contributed by atoms with Crippen molar-refractivity contribution in [3.8, 4) is 0 Å². The standard InChI is InChI=1S/C16H20FN3/c1-3-18-16-13(7-6-10-19-16)12-20(4-2)15-9-5-8-14(17)11-15/h5-11H,3-4,12H2,1-2H3,(H,18,19). The second-order valence-corrected chi connectivity index (χ2v) is 4.54. The summed E-state index contributed by atoms with van der Waals surface area (Å²) >= 11 is 0. The fraction of sp³-hybridized carbons (Fsp3) is 0.312. The van der Waals surface area contributed by atoms with Gasteiger partial charge in [0, 0.05) is 37.1 Å². The lowest BCUT2D eigenvalue weighted by Gasteiger charge is -2.24. The maximum absolute atomic E-state index is 13.4. The van der Waals surface area contributed by atoms with Crippen LogP contribution in [0.5, 0.6) is 0 Å². The summed E-state index contributed by atoms with van der Waals surface area (Å²) in [6.45, 7) is 6.45. The van der Waals surface area contributed by atoms with Gasteiger partial charge in [-0.3, -0.25) is 0 Å². The highest BCUT2D eigenvalue weighted by molar-refractivity contribution is 5.51. The number of aromatic nitrogens is 1. The Balaban J connectivity index is 2.22. The number of benzene rings is 1. The van der Waals surface area contributed by atoms with Crippen molar-refractivity contribution in [3.63, 3.8) is 0 Å². The lowest BCUT2D eigenvalue weighted by molar-refractivity contribution is 0.626. The summed E-state index contributed by atoms with van der Waals surface area (Å²) < 4.78 is 13.4. The van der Waals surface area contributed by atoms with E-state index in [4.69, 9.17) is 0 Å². The van der Waals surface area contributed by atoms with Gasteiger partial charge >= 0.3 is 0 Å². The molecule has 4 heteroatoms. The van der Waals surface area contributed by atoms with Crippen LogP contribution in [0.25, 0.3) is 0 Å². The molecule has 0 spiro atoms. The first kappa shape index (κ1) is 14.3. The van der Waals surface area contributed by atoms with E-state index in [2.05, 4.69) is 22.1 Å². The van der Waals surface area contributed by atoms with E-state index in [1.807, 2.05) is 25.1 Å². The molecule has 0 aliphatic carbocycles. The summed E-state index contributed by atoms with van der Waals surface area (Å²) in [5.41, 5.74) is 2.00. The van der Waals surface area contributed by atoms with Crippen molar-refractivity contribution in [1.29, 1.82) is 0 Å². The van der Waals surface area contributed by atoms with Gasteiger partial charge in [0.1, 0.15) is 11.6 Å². The third-order valence-corrected chi connectivity index (χ3v) is 3.15. The number of nitrogens with zero attached hydrogens (tertiary/aromatic N) is 2. The van der Waals surface area contributed by atoms with Crippen molar-refractivity contribution < 1.29 is 4.39 Å². The Morgan fingerprint density at radius 1 is 1.20 bits per heavy atom. The van der Waals surface area contributed by atoms with Gasteiger partial charge in [-0.1, -0.05) is 12.1 Å². The number of rotatable bonds is 6. The number of hydrogen-bond acceptors (Lipinski definition) is 3. The van der Waals surface area contributed by atoms with Crippen LogP contribution < -0.4 is 10.2 Å². The van der Waals surface area contributed by atoms with E-state index in [0.717, 1.165) is 30.2 Å². The first-order valence-electron chi connectivity index (χ1n) is 6.92. The Bertz CT molecular complexity index is 557. The third-order valence-electron chi connectivity index (χ3n) is 3.15. The van der Waals surface area contributed by atoms with Crippen LogP contribution in [0.4, 0.5) is 15.9 Å². The number of halogens is 1. The van der Waals surface area contributed by atoms with Gasteiger partial charge in [-0.25, -0.2) is 9.37 Å². The number of pyridine rings is 1. The summed E-state index contributed by atoms with van der Waals surface area (Å²) in [4.78, 5) is 6.48. The predicted octanol–water partition coefficient (Wildman–Crippen LogP) is 3.68. The van der Waals surface area contributed by atoms with Crippen molar-refractivity contribution >= 4 is 11.5 Å². The molecule has 1 aromatic carbocycles. The molecule has 0 saturated heterocycles. The number of hydrogen-bond donors (Lipinski definition) is 1. The molecule has 0 radical (unpaired) electrons. The van der Waals surface area contributed by atoms with Gasteiger partial charge in [0.15, 0.2) is 0 Å². The summed E-state index contributed by atoms with van der Waals surface area (Å²) in [5, 5.41) is 3.26. The zero-order chi connectivity index (χ0) is 14.4. The van der Waals surface area contributed by atoms with Crippen molar-refractivity contribution in [1.82, 2.24) is 4.98 Å². The van der Waals surface area contributed by atoms with Crippen molar-refractivity contribution in [2.24, 2.45) is 0 Å². The highest BCUT2D eigenvalue weighted by Gasteiger charge is 2.09. The predicted molar refractivity (Wildman–Crippen MR) is 81.5 cm³/mol. The Morgan fingerprint density at radius 3 is 2.75 bits per heavy atom. The molecule has 2 aromatic rings. The van der Waals surface area contributed by atoms with Crippen LogP contribution in [0, 0.1) is 5.82 Å². The highest BCUT2D eigenvalue weighted by atomic mass is 19.1. The molecule has 1 heterocycles. The first-order chi connectivity index (χ1) is 9.74. The molecule has 3 nitrogen and oxygen atoms in total.